The van der Waals surface area contributed by atoms with Gasteiger partial charge in [-0.15, -0.1) is 0 Å². The molecule has 1 aliphatic heterocycles. The molecule has 0 unspecified atom stereocenters. The topological polar surface area (TPSA) is 86.8 Å². The van der Waals surface area contributed by atoms with Crippen molar-refractivity contribution in [2.75, 3.05) is 23.3 Å². The van der Waals surface area contributed by atoms with Gasteiger partial charge in [-0.2, -0.15) is 5.10 Å². The second-order valence-electron chi connectivity index (χ2n) is 7.24. The molecule has 0 saturated carbocycles. The summed E-state index contributed by atoms with van der Waals surface area (Å²) in [6, 6.07) is 3.70. The Hall–Kier alpha value is -2.44. The van der Waals surface area contributed by atoms with E-state index in [1.165, 1.54) is 0 Å². The minimum atomic E-state index is -0.0858. The molecule has 0 bridgehead atoms. The first-order valence-corrected chi connectivity index (χ1v) is 8.32. The van der Waals surface area contributed by atoms with Crippen LogP contribution in [0, 0.1) is 5.92 Å². The first kappa shape index (κ1) is 16.4. The third-order valence-corrected chi connectivity index (χ3v) is 4.26. The lowest BCUT2D eigenvalue weighted by Crippen LogP contribution is -2.41. The van der Waals surface area contributed by atoms with Gasteiger partial charge in [0.2, 0.25) is 11.9 Å². The van der Waals surface area contributed by atoms with Gasteiger partial charge in [0.25, 0.3) is 0 Å². The lowest BCUT2D eigenvalue weighted by Gasteiger charge is -2.31. The van der Waals surface area contributed by atoms with Gasteiger partial charge < -0.3 is 10.2 Å². The minimum Gasteiger partial charge on any atom is -0.340 e. The molecule has 128 valence electrons. The van der Waals surface area contributed by atoms with Gasteiger partial charge in [0, 0.05) is 42.7 Å². The highest BCUT2D eigenvalue weighted by molar-refractivity contribution is 5.92. The summed E-state index contributed by atoms with van der Waals surface area (Å²) >= 11 is 0. The van der Waals surface area contributed by atoms with Crippen LogP contribution < -0.4 is 10.2 Å². The molecule has 7 heteroatoms. The fourth-order valence-electron chi connectivity index (χ4n) is 2.83. The molecule has 2 aromatic heterocycles. The number of H-pyrrole nitrogens is 1. The van der Waals surface area contributed by atoms with Crippen LogP contribution in [0.2, 0.25) is 0 Å². The van der Waals surface area contributed by atoms with Crippen molar-refractivity contribution < 1.29 is 4.79 Å². The Bertz CT molecular complexity index is 691. The quantitative estimate of drug-likeness (QED) is 0.903. The Balaban J connectivity index is 1.63. The standard InChI is InChI=1S/C17H24N6O/c1-17(2,3)13-10-14(22-21-13)20-15(24)12-6-4-9-23(11-12)16-18-7-5-8-19-16/h5,7-8,10,12H,4,6,9,11H2,1-3H3,(H2,20,21,22,24)/t12-/m0/s1. The van der Waals surface area contributed by atoms with Crippen molar-refractivity contribution in [2.45, 2.75) is 39.0 Å². The average Bonchev–Trinajstić information content (AvgIpc) is 3.05. The highest BCUT2D eigenvalue weighted by Crippen LogP contribution is 2.24. The van der Waals surface area contributed by atoms with Gasteiger partial charge in [-0.25, -0.2) is 9.97 Å². The summed E-state index contributed by atoms with van der Waals surface area (Å²) in [5, 5.41) is 10.1. The van der Waals surface area contributed by atoms with Crippen LogP contribution in [0.15, 0.2) is 24.5 Å². The fraction of sp³-hybridized carbons (Fsp3) is 0.529. The van der Waals surface area contributed by atoms with Crippen molar-refractivity contribution in [3.63, 3.8) is 0 Å². The maximum atomic E-state index is 12.6. The summed E-state index contributed by atoms with van der Waals surface area (Å²) in [5.41, 5.74) is 0.975. The summed E-state index contributed by atoms with van der Waals surface area (Å²) in [6.45, 7) is 7.82. The molecule has 0 spiro atoms. The highest BCUT2D eigenvalue weighted by Gasteiger charge is 2.28. The molecular formula is C17H24N6O. The van der Waals surface area contributed by atoms with E-state index >= 15 is 0 Å². The molecule has 7 nitrogen and oxygen atoms in total. The van der Waals surface area contributed by atoms with Crippen molar-refractivity contribution >= 4 is 17.7 Å². The van der Waals surface area contributed by atoms with E-state index in [9.17, 15) is 4.79 Å². The number of nitrogens with one attached hydrogen (secondary N) is 2. The second-order valence-corrected chi connectivity index (χ2v) is 7.24. The van der Waals surface area contributed by atoms with Crippen LogP contribution >= 0.6 is 0 Å². The van der Waals surface area contributed by atoms with E-state index in [1.54, 1.807) is 18.5 Å². The summed E-state index contributed by atoms with van der Waals surface area (Å²) in [6.07, 6.45) is 5.27. The number of rotatable bonds is 3. The van der Waals surface area contributed by atoms with Gasteiger partial charge in [0.15, 0.2) is 5.82 Å². The predicted octanol–water partition coefficient (Wildman–Crippen LogP) is 2.35. The SMILES string of the molecule is CC(C)(C)c1cc(NC(=O)[C@H]2CCCN(c3ncccn3)C2)n[nH]1. The number of nitrogens with zero attached hydrogens (tertiary/aromatic N) is 4. The van der Waals surface area contributed by atoms with Crippen molar-refractivity contribution in [3.8, 4) is 0 Å². The molecule has 3 heterocycles. The van der Waals surface area contributed by atoms with Crippen molar-refractivity contribution in [2.24, 2.45) is 5.92 Å². The molecule has 2 N–H and O–H groups in total. The fourth-order valence-corrected chi connectivity index (χ4v) is 2.83. The van der Waals surface area contributed by atoms with Gasteiger partial charge in [-0.05, 0) is 18.9 Å². The second kappa shape index (κ2) is 6.59. The van der Waals surface area contributed by atoms with E-state index in [2.05, 4.69) is 51.2 Å². The number of anilines is 2. The number of piperidine rings is 1. The van der Waals surface area contributed by atoms with Crippen molar-refractivity contribution in [1.29, 1.82) is 0 Å². The Labute approximate surface area is 141 Å². The summed E-state index contributed by atoms with van der Waals surface area (Å²) in [4.78, 5) is 23.2. The summed E-state index contributed by atoms with van der Waals surface area (Å²) in [7, 11) is 0. The molecule has 0 aliphatic carbocycles. The van der Waals surface area contributed by atoms with Crippen LogP contribution in [0.3, 0.4) is 0 Å². The monoisotopic (exact) mass is 328 g/mol. The minimum absolute atomic E-state index is 0.00240. The Morgan fingerprint density at radius 3 is 2.75 bits per heavy atom. The van der Waals surface area contributed by atoms with Crippen molar-refractivity contribution in [3.05, 3.63) is 30.2 Å². The third-order valence-electron chi connectivity index (χ3n) is 4.26. The zero-order valence-electron chi connectivity index (χ0n) is 14.4. The van der Waals surface area contributed by atoms with Gasteiger partial charge in [0.05, 0.1) is 5.92 Å². The molecule has 2 aromatic rings. The van der Waals surface area contributed by atoms with Crippen LogP contribution in [-0.2, 0) is 10.2 Å². The zero-order valence-corrected chi connectivity index (χ0v) is 14.4. The average molecular weight is 328 g/mol. The lowest BCUT2D eigenvalue weighted by molar-refractivity contribution is -0.120. The number of aromatic amines is 1. The molecule has 1 atom stereocenters. The number of carbonyl (C=O) groups is 1. The molecule has 24 heavy (non-hydrogen) atoms. The Morgan fingerprint density at radius 1 is 1.33 bits per heavy atom. The summed E-state index contributed by atoms with van der Waals surface area (Å²) in [5.74, 6) is 1.18. The third kappa shape index (κ3) is 3.72. The number of hydrogen-bond donors (Lipinski definition) is 2. The Kier molecular flexibility index (Phi) is 4.51. The molecule has 0 radical (unpaired) electrons. The van der Waals surface area contributed by atoms with E-state index in [0.717, 1.165) is 25.1 Å². The maximum Gasteiger partial charge on any atom is 0.230 e. The first-order valence-electron chi connectivity index (χ1n) is 8.32. The molecule has 0 aromatic carbocycles. The molecule has 1 aliphatic rings. The Morgan fingerprint density at radius 2 is 2.08 bits per heavy atom. The molecular weight excluding hydrogens is 304 g/mol. The van der Waals surface area contributed by atoms with Gasteiger partial charge in [0.1, 0.15) is 0 Å². The van der Waals surface area contributed by atoms with Crippen LogP contribution in [0.5, 0.6) is 0 Å². The smallest absolute Gasteiger partial charge is 0.230 e. The normalized spacial score (nSPS) is 18.5. The number of carbonyl (C=O) groups excluding carboxylic acids is 1. The van der Waals surface area contributed by atoms with Gasteiger partial charge in [-0.1, -0.05) is 20.8 Å². The van der Waals surface area contributed by atoms with Crippen LogP contribution in [0.25, 0.3) is 0 Å². The first-order chi connectivity index (χ1) is 11.4. The van der Waals surface area contributed by atoms with E-state index in [0.29, 0.717) is 18.3 Å². The van der Waals surface area contributed by atoms with Crippen LogP contribution in [0.1, 0.15) is 39.3 Å². The predicted molar refractivity (Wildman–Crippen MR) is 92.9 cm³/mol. The van der Waals surface area contributed by atoms with Crippen molar-refractivity contribution in [1.82, 2.24) is 20.2 Å². The largest absolute Gasteiger partial charge is 0.340 e. The van der Waals surface area contributed by atoms with Crippen LogP contribution in [0.4, 0.5) is 11.8 Å². The van der Waals surface area contributed by atoms with Gasteiger partial charge >= 0.3 is 0 Å². The van der Waals surface area contributed by atoms with E-state index in [4.69, 9.17) is 0 Å². The lowest BCUT2D eigenvalue weighted by atomic mass is 9.92. The van der Waals surface area contributed by atoms with Gasteiger partial charge in [-0.3, -0.25) is 9.89 Å². The maximum absolute atomic E-state index is 12.6. The molecule has 1 fully saturated rings. The van der Waals surface area contributed by atoms with E-state index < -0.39 is 0 Å². The number of amides is 1. The molecule has 3 rings (SSSR count). The molecule has 1 saturated heterocycles. The molecule has 1 amide bonds. The number of aromatic nitrogens is 4. The summed E-state index contributed by atoms with van der Waals surface area (Å²) < 4.78 is 0. The van der Waals surface area contributed by atoms with Crippen LogP contribution in [-0.4, -0.2) is 39.2 Å². The number of hydrogen-bond acceptors (Lipinski definition) is 5. The zero-order chi connectivity index (χ0) is 17.2. The van der Waals surface area contributed by atoms with E-state index in [1.807, 2.05) is 6.07 Å². The highest BCUT2D eigenvalue weighted by atomic mass is 16.2. The van der Waals surface area contributed by atoms with E-state index in [-0.39, 0.29) is 17.2 Å².